The van der Waals surface area contributed by atoms with E-state index >= 15 is 0 Å². The monoisotopic (exact) mass is 409 g/mol. The Kier molecular flexibility index (Phi) is 5.89. The van der Waals surface area contributed by atoms with Gasteiger partial charge in [-0.3, -0.25) is 9.69 Å². The first-order chi connectivity index (χ1) is 14.2. The number of nitrogens with zero attached hydrogens (tertiary/aromatic N) is 2. The van der Waals surface area contributed by atoms with Crippen LogP contribution in [-0.2, 0) is 4.74 Å². The van der Waals surface area contributed by atoms with Gasteiger partial charge in [0.2, 0.25) is 0 Å². The number of hydrogen-bond acceptors (Lipinski definition) is 6. The van der Waals surface area contributed by atoms with Crippen LogP contribution in [0.15, 0.2) is 48.7 Å². The summed E-state index contributed by atoms with van der Waals surface area (Å²) in [5, 5.41) is 0.947. The van der Waals surface area contributed by atoms with Crippen molar-refractivity contribution >= 4 is 33.5 Å². The zero-order valence-corrected chi connectivity index (χ0v) is 17.0. The van der Waals surface area contributed by atoms with Gasteiger partial charge in [-0.05, 0) is 12.1 Å². The molecule has 0 unspecified atom stereocenters. The first kappa shape index (κ1) is 19.6. The van der Waals surface area contributed by atoms with Gasteiger partial charge < -0.3 is 15.2 Å². The standard InChI is InChI=1S/C22H23N3O3S/c1-27-17-9-3-2-6-15(17)7-5-11-25-12-13-28-18(14-25)19-16-8-4-10-24-22(16)29-20(19)21(23)26/h2-10,18H,11-14H2,1H3,(H2,23,26)/b7-5+/t18-/m0/s1. The van der Waals surface area contributed by atoms with Crippen LogP contribution in [0.1, 0.15) is 26.9 Å². The van der Waals surface area contributed by atoms with Crippen molar-refractivity contribution in [3.8, 4) is 5.75 Å². The molecule has 0 spiro atoms. The largest absolute Gasteiger partial charge is 0.496 e. The molecule has 1 saturated heterocycles. The molecule has 0 radical (unpaired) electrons. The third-order valence-electron chi connectivity index (χ3n) is 5.00. The highest BCUT2D eigenvalue weighted by molar-refractivity contribution is 7.20. The lowest BCUT2D eigenvalue weighted by atomic mass is 10.0. The SMILES string of the molecule is COc1ccccc1/C=C/CN1CCO[C@H](c2c(C(N)=O)sc3ncccc23)C1. The van der Waals surface area contributed by atoms with E-state index in [1.54, 1.807) is 13.3 Å². The minimum absolute atomic E-state index is 0.205. The molecule has 1 aliphatic rings. The van der Waals surface area contributed by atoms with Crippen LogP contribution in [0, 0.1) is 0 Å². The minimum Gasteiger partial charge on any atom is -0.496 e. The molecule has 2 aromatic heterocycles. The van der Waals surface area contributed by atoms with E-state index in [9.17, 15) is 4.79 Å². The number of rotatable bonds is 6. The summed E-state index contributed by atoms with van der Waals surface area (Å²) in [6.45, 7) is 2.91. The number of primary amides is 1. The highest BCUT2D eigenvalue weighted by atomic mass is 32.1. The van der Waals surface area contributed by atoms with Gasteiger partial charge in [0.25, 0.3) is 5.91 Å². The summed E-state index contributed by atoms with van der Waals surface area (Å²) in [7, 11) is 1.68. The van der Waals surface area contributed by atoms with Crippen LogP contribution in [0.25, 0.3) is 16.3 Å². The number of benzene rings is 1. The van der Waals surface area contributed by atoms with Gasteiger partial charge in [-0.2, -0.15) is 0 Å². The molecule has 4 rings (SSSR count). The molecule has 1 aromatic carbocycles. The highest BCUT2D eigenvalue weighted by Crippen LogP contribution is 2.37. The molecule has 0 bridgehead atoms. The number of aromatic nitrogens is 1. The second kappa shape index (κ2) is 8.73. The van der Waals surface area contributed by atoms with Crippen molar-refractivity contribution in [2.75, 3.05) is 33.4 Å². The Morgan fingerprint density at radius 3 is 3.07 bits per heavy atom. The van der Waals surface area contributed by atoms with E-state index in [1.807, 2.05) is 36.4 Å². The number of morpholine rings is 1. The summed E-state index contributed by atoms with van der Waals surface area (Å²) in [6.07, 6.45) is 5.72. The number of carbonyl (C=O) groups is 1. The molecular formula is C22H23N3O3S. The highest BCUT2D eigenvalue weighted by Gasteiger charge is 2.29. The number of amides is 1. The molecule has 150 valence electrons. The Labute approximate surface area is 173 Å². The van der Waals surface area contributed by atoms with Crippen molar-refractivity contribution in [1.82, 2.24) is 9.88 Å². The molecule has 29 heavy (non-hydrogen) atoms. The van der Waals surface area contributed by atoms with Crippen LogP contribution in [0.4, 0.5) is 0 Å². The minimum atomic E-state index is -0.431. The van der Waals surface area contributed by atoms with Crippen LogP contribution in [0.5, 0.6) is 5.75 Å². The molecule has 1 amide bonds. The molecule has 1 atom stereocenters. The van der Waals surface area contributed by atoms with Crippen molar-refractivity contribution in [2.45, 2.75) is 6.10 Å². The summed E-state index contributed by atoms with van der Waals surface area (Å²) in [4.78, 5) is 20.1. The maximum absolute atomic E-state index is 12.0. The number of hydrogen-bond donors (Lipinski definition) is 1. The normalized spacial score (nSPS) is 17.8. The lowest BCUT2D eigenvalue weighted by molar-refractivity contribution is -0.0253. The number of carbonyl (C=O) groups excluding carboxylic acids is 1. The van der Waals surface area contributed by atoms with Crippen LogP contribution in [0.3, 0.4) is 0 Å². The lowest BCUT2D eigenvalue weighted by Gasteiger charge is -2.32. The van der Waals surface area contributed by atoms with E-state index in [0.29, 0.717) is 18.0 Å². The quantitative estimate of drug-likeness (QED) is 0.674. The molecule has 0 saturated carbocycles. The van der Waals surface area contributed by atoms with Crippen molar-refractivity contribution in [3.05, 3.63) is 64.7 Å². The van der Waals surface area contributed by atoms with Crippen LogP contribution in [0.2, 0.25) is 0 Å². The maximum Gasteiger partial charge on any atom is 0.259 e. The van der Waals surface area contributed by atoms with E-state index in [-0.39, 0.29) is 6.10 Å². The maximum atomic E-state index is 12.0. The van der Waals surface area contributed by atoms with Gasteiger partial charge in [0.05, 0.1) is 19.8 Å². The molecule has 2 N–H and O–H groups in total. The Bertz CT molecular complexity index is 1050. The van der Waals surface area contributed by atoms with Gasteiger partial charge in [-0.1, -0.05) is 36.4 Å². The van der Waals surface area contributed by atoms with Gasteiger partial charge in [-0.15, -0.1) is 11.3 Å². The number of fused-ring (bicyclic) bond motifs is 1. The zero-order valence-electron chi connectivity index (χ0n) is 16.2. The van der Waals surface area contributed by atoms with E-state index in [0.717, 1.165) is 40.2 Å². The molecular weight excluding hydrogens is 386 g/mol. The summed E-state index contributed by atoms with van der Waals surface area (Å²) in [6, 6.07) is 11.8. The summed E-state index contributed by atoms with van der Waals surface area (Å²) >= 11 is 1.33. The predicted octanol–water partition coefficient (Wildman–Crippen LogP) is 3.49. The van der Waals surface area contributed by atoms with Gasteiger partial charge in [-0.25, -0.2) is 4.98 Å². The predicted molar refractivity (Wildman–Crippen MR) is 115 cm³/mol. The van der Waals surface area contributed by atoms with Crippen molar-refractivity contribution < 1.29 is 14.3 Å². The van der Waals surface area contributed by atoms with Gasteiger partial charge in [0, 0.05) is 42.3 Å². The van der Waals surface area contributed by atoms with Crippen molar-refractivity contribution in [2.24, 2.45) is 5.73 Å². The average molecular weight is 410 g/mol. The number of para-hydroxylation sites is 1. The number of pyridine rings is 1. The smallest absolute Gasteiger partial charge is 0.259 e. The van der Waals surface area contributed by atoms with Gasteiger partial charge >= 0.3 is 0 Å². The molecule has 7 heteroatoms. The van der Waals surface area contributed by atoms with Crippen molar-refractivity contribution in [3.63, 3.8) is 0 Å². The van der Waals surface area contributed by atoms with E-state index in [1.165, 1.54) is 11.3 Å². The fourth-order valence-corrected chi connectivity index (χ4v) is 4.68. The second-order valence-electron chi connectivity index (χ2n) is 6.83. The van der Waals surface area contributed by atoms with Crippen LogP contribution < -0.4 is 10.5 Å². The summed E-state index contributed by atoms with van der Waals surface area (Å²) in [5.74, 6) is 0.423. The zero-order chi connectivity index (χ0) is 20.2. The van der Waals surface area contributed by atoms with E-state index < -0.39 is 5.91 Å². The number of methoxy groups -OCH3 is 1. The van der Waals surface area contributed by atoms with Crippen LogP contribution in [-0.4, -0.2) is 49.1 Å². The van der Waals surface area contributed by atoms with Crippen LogP contribution >= 0.6 is 11.3 Å². The molecule has 3 heterocycles. The van der Waals surface area contributed by atoms with E-state index in [2.05, 4.69) is 22.0 Å². The fourth-order valence-electron chi connectivity index (χ4n) is 3.63. The Balaban J connectivity index is 1.52. The third-order valence-corrected chi connectivity index (χ3v) is 6.14. The topological polar surface area (TPSA) is 77.7 Å². The number of ether oxygens (including phenoxy) is 2. The van der Waals surface area contributed by atoms with E-state index in [4.69, 9.17) is 15.2 Å². The summed E-state index contributed by atoms with van der Waals surface area (Å²) < 4.78 is 11.4. The Morgan fingerprint density at radius 2 is 2.24 bits per heavy atom. The Morgan fingerprint density at radius 1 is 1.38 bits per heavy atom. The third kappa shape index (κ3) is 4.17. The van der Waals surface area contributed by atoms with Gasteiger partial charge in [0.1, 0.15) is 15.5 Å². The molecule has 0 aliphatic carbocycles. The lowest BCUT2D eigenvalue weighted by Crippen LogP contribution is -2.38. The molecule has 1 fully saturated rings. The summed E-state index contributed by atoms with van der Waals surface area (Å²) in [5.41, 5.74) is 7.55. The van der Waals surface area contributed by atoms with Gasteiger partial charge in [0.15, 0.2) is 0 Å². The number of thiophene rings is 1. The number of nitrogens with two attached hydrogens (primary N) is 1. The molecule has 3 aromatic rings. The molecule has 1 aliphatic heterocycles. The Hall–Kier alpha value is -2.74. The average Bonchev–Trinajstić information content (AvgIpc) is 3.14. The fraction of sp³-hybridized carbons (Fsp3) is 0.273. The van der Waals surface area contributed by atoms with Crippen molar-refractivity contribution in [1.29, 1.82) is 0 Å². The first-order valence-corrected chi connectivity index (χ1v) is 10.3. The first-order valence-electron chi connectivity index (χ1n) is 9.48. The second-order valence-corrected chi connectivity index (χ2v) is 7.83. The molecule has 6 nitrogen and oxygen atoms in total.